The summed E-state index contributed by atoms with van der Waals surface area (Å²) in [4.78, 5) is 11.3. The van der Waals surface area contributed by atoms with Gasteiger partial charge in [0.1, 0.15) is 11.3 Å². The summed E-state index contributed by atoms with van der Waals surface area (Å²) in [5.41, 5.74) is 1.88. The van der Waals surface area contributed by atoms with Crippen molar-refractivity contribution >= 4 is 22.8 Å². The number of pyridine rings is 1. The third kappa shape index (κ3) is 3.49. The average Bonchev–Trinajstić information content (AvgIpc) is 2.81. The first-order chi connectivity index (χ1) is 9.63. The van der Waals surface area contributed by atoms with E-state index in [4.69, 9.17) is 11.6 Å². The van der Waals surface area contributed by atoms with Crippen molar-refractivity contribution in [2.45, 2.75) is 45.2 Å². The van der Waals surface area contributed by atoms with Gasteiger partial charge in [-0.2, -0.15) is 0 Å². The minimum atomic E-state index is 0.433. The van der Waals surface area contributed by atoms with E-state index in [0.29, 0.717) is 11.9 Å². The van der Waals surface area contributed by atoms with E-state index in [-0.39, 0.29) is 0 Å². The highest BCUT2D eigenvalue weighted by molar-refractivity contribution is 6.16. The zero-order valence-electron chi connectivity index (χ0n) is 12.5. The number of aromatic nitrogens is 3. The number of unbranched alkanes of at least 4 members (excludes halogenated alkanes) is 1. The normalized spacial score (nSPS) is 11.9. The molecule has 0 radical (unpaired) electrons. The van der Waals surface area contributed by atoms with Gasteiger partial charge in [0.25, 0.3) is 0 Å². The largest absolute Gasteiger partial charge is 0.312 e. The third-order valence-corrected chi connectivity index (χ3v) is 3.97. The molecule has 0 amide bonds. The molecule has 0 unspecified atom stereocenters. The second kappa shape index (κ2) is 7.04. The van der Waals surface area contributed by atoms with Crippen LogP contribution in [-0.2, 0) is 12.4 Å². The fourth-order valence-corrected chi connectivity index (χ4v) is 2.44. The molecular formula is C15H23ClN4. The van der Waals surface area contributed by atoms with Crippen LogP contribution >= 0.6 is 11.6 Å². The lowest BCUT2D eigenvalue weighted by Gasteiger charge is -2.20. The lowest BCUT2D eigenvalue weighted by molar-refractivity contribution is 0.266. The number of aryl methyl sites for hydroxylation is 1. The first-order valence-corrected chi connectivity index (χ1v) is 7.73. The summed E-state index contributed by atoms with van der Waals surface area (Å²) in [5, 5.41) is 0. The summed E-state index contributed by atoms with van der Waals surface area (Å²) in [6.07, 6.45) is 4.09. The van der Waals surface area contributed by atoms with E-state index >= 15 is 0 Å². The molecule has 0 spiro atoms. The van der Waals surface area contributed by atoms with Gasteiger partial charge in [-0.15, -0.1) is 11.6 Å². The predicted molar refractivity (Wildman–Crippen MR) is 84.1 cm³/mol. The zero-order chi connectivity index (χ0) is 14.5. The highest BCUT2D eigenvalue weighted by Crippen LogP contribution is 2.16. The molecule has 2 rings (SSSR count). The summed E-state index contributed by atoms with van der Waals surface area (Å²) < 4.78 is 2.15. The zero-order valence-corrected chi connectivity index (χ0v) is 13.3. The van der Waals surface area contributed by atoms with Crippen molar-refractivity contribution in [1.29, 1.82) is 0 Å². The minimum Gasteiger partial charge on any atom is -0.312 e. The monoisotopic (exact) mass is 294 g/mol. The molecule has 20 heavy (non-hydrogen) atoms. The molecule has 0 saturated carbocycles. The van der Waals surface area contributed by atoms with E-state index in [2.05, 4.69) is 40.3 Å². The molecule has 2 aromatic rings. The van der Waals surface area contributed by atoms with Crippen LogP contribution in [0, 0.1) is 0 Å². The molecule has 0 aliphatic carbocycles. The molecule has 0 N–H and O–H groups in total. The molecule has 0 atom stereocenters. The Labute approximate surface area is 125 Å². The van der Waals surface area contributed by atoms with Gasteiger partial charge >= 0.3 is 0 Å². The SMILES string of the molecule is CC(C)N(C)CCCCn1c(CCl)nc2cccnc21. The maximum atomic E-state index is 5.99. The molecule has 5 heteroatoms. The quantitative estimate of drug-likeness (QED) is 0.580. The van der Waals surface area contributed by atoms with Crippen LogP contribution in [0.25, 0.3) is 11.2 Å². The topological polar surface area (TPSA) is 34.0 Å². The standard InChI is InChI=1S/C15H23ClN4/c1-12(2)19(3)9-4-5-10-20-14(11-16)18-13-7-6-8-17-15(13)20/h6-8,12H,4-5,9-11H2,1-3H3. The number of imidazole rings is 1. The Morgan fingerprint density at radius 1 is 1.35 bits per heavy atom. The van der Waals surface area contributed by atoms with Gasteiger partial charge in [0.2, 0.25) is 0 Å². The molecule has 2 aromatic heterocycles. The number of alkyl halides is 1. The number of fused-ring (bicyclic) bond motifs is 1. The maximum absolute atomic E-state index is 5.99. The predicted octanol–water partition coefficient (Wildman–Crippen LogP) is 3.29. The summed E-state index contributed by atoms with van der Waals surface area (Å²) in [5.74, 6) is 1.35. The fraction of sp³-hybridized carbons (Fsp3) is 0.600. The van der Waals surface area contributed by atoms with Gasteiger partial charge < -0.3 is 9.47 Å². The molecule has 0 aliphatic rings. The van der Waals surface area contributed by atoms with Gasteiger partial charge in [0.05, 0.1) is 5.88 Å². The van der Waals surface area contributed by atoms with Gasteiger partial charge in [-0.1, -0.05) is 0 Å². The highest BCUT2D eigenvalue weighted by atomic mass is 35.5. The van der Waals surface area contributed by atoms with E-state index in [1.54, 1.807) is 0 Å². The minimum absolute atomic E-state index is 0.433. The molecule has 0 saturated heterocycles. The molecule has 110 valence electrons. The van der Waals surface area contributed by atoms with Gasteiger partial charge in [0.15, 0.2) is 5.65 Å². The Balaban J connectivity index is 1.99. The van der Waals surface area contributed by atoms with E-state index < -0.39 is 0 Å². The van der Waals surface area contributed by atoms with Gasteiger partial charge in [-0.05, 0) is 52.4 Å². The van der Waals surface area contributed by atoms with Crippen molar-refractivity contribution in [1.82, 2.24) is 19.4 Å². The number of rotatable bonds is 7. The fourth-order valence-electron chi connectivity index (χ4n) is 2.23. The molecule has 0 aliphatic heterocycles. The highest BCUT2D eigenvalue weighted by Gasteiger charge is 2.10. The van der Waals surface area contributed by atoms with Crippen LogP contribution in [0.15, 0.2) is 18.3 Å². The van der Waals surface area contributed by atoms with E-state index in [0.717, 1.165) is 36.5 Å². The second-order valence-electron chi connectivity index (χ2n) is 5.44. The maximum Gasteiger partial charge on any atom is 0.160 e. The number of hydrogen-bond acceptors (Lipinski definition) is 3. The van der Waals surface area contributed by atoms with Crippen molar-refractivity contribution in [3.05, 3.63) is 24.2 Å². The molecule has 0 aromatic carbocycles. The lowest BCUT2D eigenvalue weighted by atomic mass is 10.2. The number of halogens is 1. The number of hydrogen-bond donors (Lipinski definition) is 0. The van der Waals surface area contributed by atoms with Crippen molar-refractivity contribution in [3.63, 3.8) is 0 Å². The van der Waals surface area contributed by atoms with Gasteiger partial charge in [-0.3, -0.25) is 0 Å². The smallest absolute Gasteiger partial charge is 0.160 e. The van der Waals surface area contributed by atoms with E-state index in [1.807, 2.05) is 18.3 Å². The lowest BCUT2D eigenvalue weighted by Crippen LogP contribution is -2.27. The molecule has 2 heterocycles. The Morgan fingerprint density at radius 3 is 2.85 bits per heavy atom. The van der Waals surface area contributed by atoms with Crippen LogP contribution in [-0.4, -0.2) is 39.1 Å². The van der Waals surface area contributed by atoms with Crippen LogP contribution in [0.5, 0.6) is 0 Å². The summed E-state index contributed by atoms with van der Waals surface area (Å²) in [6.45, 7) is 6.49. The Bertz CT molecular complexity index is 550. The summed E-state index contributed by atoms with van der Waals surface area (Å²) >= 11 is 5.99. The Hall–Kier alpha value is -1.13. The van der Waals surface area contributed by atoms with Crippen molar-refractivity contribution in [2.24, 2.45) is 0 Å². The second-order valence-corrected chi connectivity index (χ2v) is 5.71. The van der Waals surface area contributed by atoms with Crippen LogP contribution in [0.4, 0.5) is 0 Å². The van der Waals surface area contributed by atoms with Crippen LogP contribution in [0.3, 0.4) is 0 Å². The van der Waals surface area contributed by atoms with Gasteiger partial charge in [-0.25, -0.2) is 9.97 Å². The third-order valence-electron chi connectivity index (χ3n) is 3.73. The molecule has 4 nitrogen and oxygen atoms in total. The van der Waals surface area contributed by atoms with Crippen molar-refractivity contribution in [2.75, 3.05) is 13.6 Å². The van der Waals surface area contributed by atoms with Crippen molar-refractivity contribution in [3.8, 4) is 0 Å². The first-order valence-electron chi connectivity index (χ1n) is 7.19. The van der Waals surface area contributed by atoms with Crippen LogP contribution in [0.2, 0.25) is 0 Å². The van der Waals surface area contributed by atoms with E-state index in [1.165, 1.54) is 6.42 Å². The van der Waals surface area contributed by atoms with Crippen molar-refractivity contribution < 1.29 is 0 Å². The molecular weight excluding hydrogens is 272 g/mol. The van der Waals surface area contributed by atoms with Gasteiger partial charge in [0, 0.05) is 18.8 Å². The Kier molecular flexibility index (Phi) is 5.38. The number of nitrogens with zero attached hydrogens (tertiary/aromatic N) is 4. The van der Waals surface area contributed by atoms with E-state index in [9.17, 15) is 0 Å². The van der Waals surface area contributed by atoms with Crippen LogP contribution in [0.1, 0.15) is 32.5 Å². The van der Waals surface area contributed by atoms with Crippen LogP contribution < -0.4 is 0 Å². The molecule has 0 bridgehead atoms. The molecule has 0 fully saturated rings. The average molecular weight is 295 g/mol. The Morgan fingerprint density at radius 2 is 2.15 bits per heavy atom. The summed E-state index contributed by atoms with van der Waals surface area (Å²) in [6, 6.07) is 4.50. The summed E-state index contributed by atoms with van der Waals surface area (Å²) in [7, 11) is 2.17. The first kappa shape index (κ1) is 15.3.